The summed E-state index contributed by atoms with van der Waals surface area (Å²) in [6.45, 7) is 0. The highest BCUT2D eigenvalue weighted by Gasteiger charge is 2.15. The van der Waals surface area contributed by atoms with E-state index in [1.165, 1.54) is 16.7 Å². The highest BCUT2D eigenvalue weighted by Crippen LogP contribution is 2.27. The van der Waals surface area contributed by atoms with Gasteiger partial charge in [-0.25, -0.2) is 9.37 Å². The van der Waals surface area contributed by atoms with Crippen LogP contribution in [-0.2, 0) is 0 Å². The molecule has 1 heterocycles. The molecule has 0 atom stereocenters. The molecule has 0 unspecified atom stereocenters. The van der Waals surface area contributed by atoms with Crippen LogP contribution in [0.1, 0.15) is 5.56 Å². The summed E-state index contributed by atoms with van der Waals surface area (Å²) >= 11 is 5.74. The molecule has 0 aliphatic rings. The van der Waals surface area contributed by atoms with Crippen molar-refractivity contribution in [3.8, 4) is 11.8 Å². The maximum Gasteiger partial charge on any atom is 0.206 e. The number of halogens is 2. The zero-order valence-corrected chi connectivity index (χ0v) is 10.9. The van der Waals surface area contributed by atoms with Gasteiger partial charge in [-0.15, -0.1) is 0 Å². The van der Waals surface area contributed by atoms with Gasteiger partial charge in [0.1, 0.15) is 17.4 Å². The number of nitrogens with zero attached hydrogens (tertiary/aromatic N) is 3. The van der Waals surface area contributed by atoms with Gasteiger partial charge in [-0.1, -0.05) is 17.7 Å². The third-order valence-electron chi connectivity index (χ3n) is 2.98. The molecule has 2 N–H and O–H groups in total. The molecule has 4 nitrogen and oxygen atoms in total. The number of para-hydroxylation sites is 1. The number of benzene rings is 2. The van der Waals surface area contributed by atoms with Gasteiger partial charge in [-0.05, 0) is 30.3 Å². The lowest BCUT2D eigenvalue weighted by Crippen LogP contribution is -2.02. The SMILES string of the molecule is N#Cc1cccc2c1nc(N)n2-c1ccc(Cl)cc1F. The third kappa shape index (κ3) is 1.78. The van der Waals surface area contributed by atoms with E-state index in [1.54, 1.807) is 24.3 Å². The fourth-order valence-electron chi connectivity index (χ4n) is 2.12. The molecule has 0 aliphatic heterocycles. The van der Waals surface area contributed by atoms with E-state index in [1.807, 2.05) is 6.07 Å². The Balaban J connectivity index is 2.37. The Morgan fingerprint density at radius 3 is 2.80 bits per heavy atom. The minimum absolute atomic E-state index is 0.115. The zero-order chi connectivity index (χ0) is 14.3. The number of fused-ring (bicyclic) bond motifs is 1. The summed E-state index contributed by atoms with van der Waals surface area (Å²) in [7, 11) is 0. The first-order valence-electron chi connectivity index (χ1n) is 5.74. The number of rotatable bonds is 1. The average molecular weight is 287 g/mol. The molecule has 0 saturated carbocycles. The van der Waals surface area contributed by atoms with Crippen LogP contribution in [0.2, 0.25) is 5.02 Å². The van der Waals surface area contributed by atoms with Crippen LogP contribution in [0.4, 0.5) is 10.3 Å². The van der Waals surface area contributed by atoms with Gasteiger partial charge in [0, 0.05) is 5.02 Å². The first-order chi connectivity index (χ1) is 9.61. The summed E-state index contributed by atoms with van der Waals surface area (Å²) in [5.74, 6) is -0.394. The van der Waals surface area contributed by atoms with Crippen LogP contribution >= 0.6 is 11.6 Å². The topological polar surface area (TPSA) is 67.6 Å². The molecule has 6 heteroatoms. The predicted molar refractivity (Wildman–Crippen MR) is 75.2 cm³/mol. The molecular weight excluding hydrogens is 279 g/mol. The standard InChI is InChI=1S/C14H8ClFN4/c15-9-4-5-11(10(16)6-9)20-12-3-1-2-8(7-17)13(12)19-14(20)18/h1-6H,(H2,18,19). The van der Waals surface area contributed by atoms with E-state index in [9.17, 15) is 4.39 Å². The molecule has 0 radical (unpaired) electrons. The van der Waals surface area contributed by atoms with Gasteiger partial charge in [0.05, 0.1) is 16.8 Å². The maximum absolute atomic E-state index is 14.1. The van der Waals surface area contributed by atoms with Crippen LogP contribution < -0.4 is 5.73 Å². The Labute approximate surface area is 118 Å². The van der Waals surface area contributed by atoms with Gasteiger partial charge in [-0.2, -0.15) is 5.26 Å². The van der Waals surface area contributed by atoms with E-state index < -0.39 is 5.82 Å². The number of nitriles is 1. The Bertz CT molecular complexity index is 863. The molecule has 98 valence electrons. The van der Waals surface area contributed by atoms with Gasteiger partial charge in [0.2, 0.25) is 5.95 Å². The largest absolute Gasteiger partial charge is 0.369 e. The van der Waals surface area contributed by atoms with E-state index in [4.69, 9.17) is 22.6 Å². The molecule has 0 fully saturated rings. The van der Waals surface area contributed by atoms with E-state index >= 15 is 0 Å². The first-order valence-corrected chi connectivity index (χ1v) is 6.12. The highest BCUT2D eigenvalue weighted by atomic mass is 35.5. The Morgan fingerprint density at radius 2 is 2.10 bits per heavy atom. The number of nitrogens with two attached hydrogens (primary N) is 1. The summed E-state index contributed by atoms with van der Waals surface area (Å²) in [4.78, 5) is 4.14. The van der Waals surface area contributed by atoms with Crippen LogP contribution in [-0.4, -0.2) is 9.55 Å². The Kier molecular flexibility index (Phi) is 2.81. The van der Waals surface area contributed by atoms with E-state index in [0.29, 0.717) is 21.6 Å². The maximum atomic E-state index is 14.1. The quantitative estimate of drug-likeness (QED) is 0.746. The molecule has 3 aromatic rings. The molecule has 0 amide bonds. The first kappa shape index (κ1) is 12.5. The van der Waals surface area contributed by atoms with E-state index in [-0.39, 0.29) is 11.6 Å². The molecular formula is C14H8ClFN4. The van der Waals surface area contributed by atoms with Gasteiger partial charge in [0.25, 0.3) is 0 Å². The molecule has 0 bridgehead atoms. The second-order valence-corrected chi connectivity index (χ2v) is 4.62. The second kappa shape index (κ2) is 4.51. The number of imidazole rings is 1. The van der Waals surface area contributed by atoms with Crippen molar-refractivity contribution in [2.45, 2.75) is 0 Å². The summed E-state index contributed by atoms with van der Waals surface area (Å²) in [5.41, 5.74) is 7.51. The van der Waals surface area contributed by atoms with Gasteiger partial charge >= 0.3 is 0 Å². The zero-order valence-electron chi connectivity index (χ0n) is 10.1. The van der Waals surface area contributed by atoms with Crippen molar-refractivity contribution in [1.29, 1.82) is 5.26 Å². The van der Waals surface area contributed by atoms with E-state index in [2.05, 4.69) is 4.98 Å². The molecule has 2 aromatic carbocycles. The van der Waals surface area contributed by atoms with Crippen molar-refractivity contribution in [2.75, 3.05) is 5.73 Å². The van der Waals surface area contributed by atoms with Crippen molar-refractivity contribution < 1.29 is 4.39 Å². The summed E-state index contributed by atoms with van der Waals surface area (Å²) in [5, 5.41) is 9.36. The number of hydrogen-bond donors (Lipinski definition) is 1. The summed E-state index contributed by atoms with van der Waals surface area (Å²) in [6, 6.07) is 11.4. The minimum atomic E-state index is -0.508. The highest BCUT2D eigenvalue weighted by molar-refractivity contribution is 6.30. The van der Waals surface area contributed by atoms with Crippen LogP contribution in [0.15, 0.2) is 36.4 Å². The van der Waals surface area contributed by atoms with Crippen LogP contribution in [0, 0.1) is 17.1 Å². The summed E-state index contributed by atoms with van der Waals surface area (Å²) < 4.78 is 15.5. The predicted octanol–water partition coefficient (Wildman–Crippen LogP) is 3.27. The van der Waals surface area contributed by atoms with E-state index in [0.717, 1.165) is 0 Å². The lowest BCUT2D eigenvalue weighted by Gasteiger charge is -2.08. The molecule has 20 heavy (non-hydrogen) atoms. The number of aromatic nitrogens is 2. The van der Waals surface area contributed by atoms with Gasteiger partial charge in [-0.3, -0.25) is 4.57 Å². The Morgan fingerprint density at radius 1 is 1.30 bits per heavy atom. The van der Waals surface area contributed by atoms with Crippen LogP contribution in [0.3, 0.4) is 0 Å². The molecule has 1 aromatic heterocycles. The smallest absolute Gasteiger partial charge is 0.206 e. The van der Waals surface area contributed by atoms with Crippen molar-refractivity contribution in [3.05, 3.63) is 52.8 Å². The Hall–Kier alpha value is -2.58. The molecule has 3 rings (SSSR count). The van der Waals surface area contributed by atoms with Crippen molar-refractivity contribution in [1.82, 2.24) is 9.55 Å². The average Bonchev–Trinajstić information content (AvgIpc) is 2.75. The monoisotopic (exact) mass is 286 g/mol. The number of anilines is 1. The molecule has 0 aliphatic carbocycles. The number of hydrogen-bond acceptors (Lipinski definition) is 3. The molecule has 0 spiro atoms. The van der Waals surface area contributed by atoms with Gasteiger partial charge < -0.3 is 5.73 Å². The fourth-order valence-corrected chi connectivity index (χ4v) is 2.28. The lowest BCUT2D eigenvalue weighted by atomic mass is 10.2. The van der Waals surface area contributed by atoms with Gasteiger partial charge in [0.15, 0.2) is 0 Å². The van der Waals surface area contributed by atoms with Crippen molar-refractivity contribution in [2.24, 2.45) is 0 Å². The van der Waals surface area contributed by atoms with Crippen molar-refractivity contribution in [3.63, 3.8) is 0 Å². The normalized spacial score (nSPS) is 10.7. The van der Waals surface area contributed by atoms with Crippen LogP contribution in [0.5, 0.6) is 0 Å². The minimum Gasteiger partial charge on any atom is -0.369 e. The van der Waals surface area contributed by atoms with Crippen molar-refractivity contribution >= 4 is 28.6 Å². The summed E-state index contributed by atoms with van der Waals surface area (Å²) in [6.07, 6.45) is 0. The third-order valence-corrected chi connectivity index (χ3v) is 3.22. The fraction of sp³-hybridized carbons (Fsp3) is 0. The second-order valence-electron chi connectivity index (χ2n) is 4.19. The molecule has 0 saturated heterocycles. The van der Waals surface area contributed by atoms with Crippen LogP contribution in [0.25, 0.3) is 16.7 Å². The number of nitrogen functional groups attached to an aromatic ring is 1. The lowest BCUT2D eigenvalue weighted by molar-refractivity contribution is 0.620.